The molecule has 1 aliphatic carbocycles. The van der Waals surface area contributed by atoms with Crippen LogP contribution in [-0.2, 0) is 9.53 Å². The molecule has 0 atom stereocenters. The molecule has 1 aromatic heterocycles. The molecule has 0 bridgehead atoms. The van der Waals surface area contributed by atoms with Crippen molar-refractivity contribution in [2.75, 3.05) is 44.3 Å². The third-order valence-electron chi connectivity index (χ3n) is 6.15. The number of aryl methyl sites for hydroxylation is 1. The normalized spacial score (nSPS) is 19.0. The summed E-state index contributed by atoms with van der Waals surface area (Å²) in [4.78, 5) is 22.7. The average molecular weight is 436 g/mol. The quantitative estimate of drug-likeness (QED) is 0.647. The van der Waals surface area contributed by atoms with E-state index in [9.17, 15) is 4.79 Å². The number of nitrogens with zero attached hydrogens (tertiary/aromatic N) is 3. The highest BCUT2D eigenvalue weighted by molar-refractivity contribution is 7.22. The van der Waals surface area contributed by atoms with E-state index in [1.54, 1.807) is 11.3 Å². The third kappa shape index (κ3) is 4.93. The van der Waals surface area contributed by atoms with Crippen LogP contribution in [0.4, 0.5) is 5.13 Å². The van der Waals surface area contributed by atoms with E-state index in [0.29, 0.717) is 0 Å². The van der Waals surface area contributed by atoms with Crippen molar-refractivity contribution in [3.8, 4) is 0 Å². The van der Waals surface area contributed by atoms with Crippen molar-refractivity contribution in [1.82, 2.24) is 9.88 Å². The minimum absolute atomic E-state index is 0.142. The summed E-state index contributed by atoms with van der Waals surface area (Å²) in [5.74, 6) is 0.401. The van der Waals surface area contributed by atoms with Gasteiger partial charge in [-0.05, 0) is 43.9 Å². The summed E-state index contributed by atoms with van der Waals surface area (Å²) in [5, 5.41) is 1.55. The van der Waals surface area contributed by atoms with Gasteiger partial charge in [-0.15, -0.1) is 0 Å². The van der Waals surface area contributed by atoms with Crippen LogP contribution in [0.3, 0.4) is 0 Å². The van der Waals surface area contributed by atoms with Crippen LogP contribution in [0.25, 0.3) is 10.2 Å². The van der Waals surface area contributed by atoms with Crippen LogP contribution in [-0.4, -0.2) is 55.2 Å². The number of anilines is 1. The lowest BCUT2D eigenvalue weighted by molar-refractivity contribution is -0.123. The highest BCUT2D eigenvalue weighted by atomic mass is 35.5. The van der Waals surface area contributed by atoms with Gasteiger partial charge in [-0.3, -0.25) is 14.6 Å². The first-order chi connectivity index (χ1) is 14.1. The molecule has 29 heavy (non-hydrogen) atoms. The summed E-state index contributed by atoms with van der Waals surface area (Å²) in [6.45, 7) is 7.29. The van der Waals surface area contributed by atoms with E-state index in [1.807, 2.05) is 24.0 Å². The smallest absolute Gasteiger partial charge is 0.231 e. The molecule has 7 heteroatoms. The number of amides is 1. The molecule has 1 aromatic carbocycles. The Labute approximate surface area is 182 Å². The average Bonchev–Trinajstić information content (AvgIpc) is 3.19. The van der Waals surface area contributed by atoms with Gasteiger partial charge in [0.15, 0.2) is 5.13 Å². The van der Waals surface area contributed by atoms with Crippen molar-refractivity contribution in [3.63, 3.8) is 0 Å². The maximum absolute atomic E-state index is 13.4. The molecule has 0 N–H and O–H groups in total. The summed E-state index contributed by atoms with van der Waals surface area (Å²) in [5.41, 5.74) is 1.91. The van der Waals surface area contributed by atoms with Crippen molar-refractivity contribution < 1.29 is 9.53 Å². The molecule has 1 amide bonds. The van der Waals surface area contributed by atoms with Crippen LogP contribution in [0.5, 0.6) is 0 Å². The molecule has 2 aliphatic rings. The van der Waals surface area contributed by atoms with Crippen LogP contribution in [0, 0.1) is 12.8 Å². The van der Waals surface area contributed by atoms with Crippen LogP contribution < -0.4 is 4.90 Å². The summed E-state index contributed by atoms with van der Waals surface area (Å²) in [6, 6.07) is 3.94. The highest BCUT2D eigenvalue weighted by Gasteiger charge is 2.29. The number of ether oxygens (including phenoxy) is 1. The summed E-state index contributed by atoms with van der Waals surface area (Å²) < 4.78 is 6.54. The number of benzene rings is 1. The molecular weight excluding hydrogens is 406 g/mol. The van der Waals surface area contributed by atoms with Crippen molar-refractivity contribution in [2.24, 2.45) is 5.92 Å². The van der Waals surface area contributed by atoms with E-state index in [2.05, 4.69) is 4.90 Å². The first-order valence-corrected chi connectivity index (χ1v) is 12.0. The lowest BCUT2D eigenvalue weighted by Crippen LogP contribution is -2.41. The number of aromatic nitrogens is 1. The van der Waals surface area contributed by atoms with Gasteiger partial charge >= 0.3 is 0 Å². The minimum atomic E-state index is 0.142. The number of hydrogen-bond acceptors (Lipinski definition) is 5. The standard InChI is InChI=1S/C22H30ClN3O2S/c1-16-18(23)8-9-19-20(16)24-22(29-19)26(21(27)17-6-3-2-4-7-17)11-5-10-25-12-14-28-15-13-25/h8-9,17H,2-7,10-15H2,1H3. The topological polar surface area (TPSA) is 45.7 Å². The Hall–Kier alpha value is -1.21. The lowest BCUT2D eigenvalue weighted by atomic mass is 9.88. The van der Waals surface area contributed by atoms with Crippen LogP contribution in [0.2, 0.25) is 5.02 Å². The van der Waals surface area contributed by atoms with Crippen LogP contribution in [0.1, 0.15) is 44.1 Å². The van der Waals surface area contributed by atoms with E-state index in [0.717, 1.165) is 97.4 Å². The van der Waals surface area contributed by atoms with Crippen LogP contribution >= 0.6 is 22.9 Å². The Morgan fingerprint density at radius 3 is 2.79 bits per heavy atom. The Morgan fingerprint density at radius 1 is 1.28 bits per heavy atom. The SMILES string of the molecule is Cc1c(Cl)ccc2sc(N(CCCN3CCOCC3)C(=O)C3CCCCC3)nc12. The number of hydrogen-bond donors (Lipinski definition) is 0. The molecule has 1 saturated heterocycles. The predicted molar refractivity (Wildman–Crippen MR) is 120 cm³/mol. The van der Waals surface area contributed by atoms with Crippen molar-refractivity contribution >= 4 is 44.2 Å². The van der Waals surface area contributed by atoms with Crippen LogP contribution in [0.15, 0.2) is 12.1 Å². The van der Waals surface area contributed by atoms with Crippen molar-refractivity contribution in [3.05, 3.63) is 22.7 Å². The fourth-order valence-electron chi connectivity index (χ4n) is 4.35. The van der Waals surface area contributed by atoms with Gasteiger partial charge in [-0.25, -0.2) is 4.98 Å². The second kappa shape index (κ2) is 9.73. The number of thiazole rings is 1. The Kier molecular flexibility index (Phi) is 7.06. The highest BCUT2D eigenvalue weighted by Crippen LogP contribution is 2.35. The molecule has 0 radical (unpaired) electrons. The third-order valence-corrected chi connectivity index (χ3v) is 7.60. The van der Waals surface area contributed by atoms with Crippen molar-refractivity contribution in [2.45, 2.75) is 45.4 Å². The predicted octanol–water partition coefficient (Wildman–Crippen LogP) is 4.89. The zero-order valence-electron chi connectivity index (χ0n) is 17.2. The molecule has 2 fully saturated rings. The minimum Gasteiger partial charge on any atom is -0.379 e. The number of rotatable bonds is 6. The Morgan fingerprint density at radius 2 is 2.03 bits per heavy atom. The van der Waals surface area contributed by atoms with E-state index in [4.69, 9.17) is 21.3 Å². The van der Waals surface area contributed by atoms with E-state index in [1.165, 1.54) is 6.42 Å². The second-order valence-electron chi connectivity index (χ2n) is 8.15. The molecule has 2 heterocycles. The largest absolute Gasteiger partial charge is 0.379 e. The van der Waals surface area contributed by atoms with Gasteiger partial charge in [-0.2, -0.15) is 0 Å². The van der Waals surface area contributed by atoms with E-state index < -0.39 is 0 Å². The molecule has 4 rings (SSSR count). The zero-order chi connectivity index (χ0) is 20.2. The molecule has 1 aliphatic heterocycles. The lowest BCUT2D eigenvalue weighted by Gasteiger charge is -2.30. The molecule has 0 spiro atoms. The molecular formula is C22H30ClN3O2S. The van der Waals surface area contributed by atoms with Gasteiger partial charge in [0.25, 0.3) is 0 Å². The summed E-state index contributed by atoms with van der Waals surface area (Å²) >= 11 is 7.91. The molecule has 158 valence electrons. The first-order valence-electron chi connectivity index (χ1n) is 10.8. The first kappa shape index (κ1) is 21.0. The number of halogens is 1. The molecule has 0 unspecified atom stereocenters. The fraction of sp³-hybridized carbons (Fsp3) is 0.636. The Balaban J connectivity index is 1.53. The van der Waals surface area contributed by atoms with Gasteiger partial charge in [0.1, 0.15) is 0 Å². The second-order valence-corrected chi connectivity index (χ2v) is 9.56. The molecule has 1 saturated carbocycles. The van der Waals surface area contributed by atoms with E-state index in [-0.39, 0.29) is 11.8 Å². The maximum atomic E-state index is 13.4. The Bertz CT molecular complexity index is 844. The van der Waals surface area contributed by atoms with Crippen molar-refractivity contribution in [1.29, 1.82) is 0 Å². The number of morpholine rings is 1. The van der Waals surface area contributed by atoms with Gasteiger partial charge in [0, 0.05) is 37.1 Å². The monoisotopic (exact) mass is 435 g/mol. The van der Waals surface area contributed by atoms with Gasteiger partial charge in [0.2, 0.25) is 5.91 Å². The summed E-state index contributed by atoms with van der Waals surface area (Å²) in [6.07, 6.45) is 6.54. The number of carbonyl (C=O) groups excluding carboxylic acids is 1. The number of fused-ring (bicyclic) bond motifs is 1. The fourth-order valence-corrected chi connectivity index (χ4v) is 5.56. The molecule has 5 nitrogen and oxygen atoms in total. The van der Waals surface area contributed by atoms with Gasteiger partial charge in [-0.1, -0.05) is 42.2 Å². The number of carbonyl (C=O) groups is 1. The van der Waals surface area contributed by atoms with E-state index >= 15 is 0 Å². The summed E-state index contributed by atoms with van der Waals surface area (Å²) in [7, 11) is 0. The molecule has 2 aromatic rings. The van der Waals surface area contributed by atoms with Gasteiger partial charge < -0.3 is 4.74 Å². The zero-order valence-corrected chi connectivity index (χ0v) is 18.7. The maximum Gasteiger partial charge on any atom is 0.231 e. The van der Waals surface area contributed by atoms with Gasteiger partial charge in [0.05, 0.1) is 23.4 Å².